The van der Waals surface area contributed by atoms with E-state index in [0.29, 0.717) is 11.4 Å². The number of ether oxygens (including phenoxy) is 1. The number of para-hydroxylation sites is 1. The predicted octanol–water partition coefficient (Wildman–Crippen LogP) is 4.44. The molecule has 0 bridgehead atoms. The van der Waals surface area contributed by atoms with Crippen molar-refractivity contribution in [2.75, 3.05) is 7.11 Å². The molecule has 0 fully saturated rings. The number of benzene rings is 2. The normalized spacial score (nSPS) is 11.9. The molecule has 0 saturated heterocycles. The Bertz CT molecular complexity index is 611. The van der Waals surface area contributed by atoms with Crippen LogP contribution in [0.25, 0.3) is 0 Å². The van der Waals surface area contributed by atoms with Crippen molar-refractivity contribution in [3.63, 3.8) is 0 Å². The van der Waals surface area contributed by atoms with Crippen LogP contribution in [0.4, 0.5) is 0 Å². The molecule has 1 unspecified atom stereocenters. The fourth-order valence-corrected chi connectivity index (χ4v) is 2.55. The lowest BCUT2D eigenvalue weighted by atomic mass is 9.92. The minimum atomic E-state index is -0.438. The fourth-order valence-electron chi connectivity index (χ4n) is 2.14. The molecule has 0 radical (unpaired) electrons. The Hall–Kier alpha value is -1.51. The van der Waals surface area contributed by atoms with Crippen molar-refractivity contribution < 1.29 is 9.53 Å². The van der Waals surface area contributed by atoms with Gasteiger partial charge in [0.25, 0.3) is 0 Å². The van der Waals surface area contributed by atoms with Gasteiger partial charge in [-0.25, -0.2) is 0 Å². The predicted molar refractivity (Wildman–Crippen MR) is 81.8 cm³/mol. The van der Waals surface area contributed by atoms with Gasteiger partial charge in [-0.1, -0.05) is 41.9 Å². The maximum Gasteiger partial charge on any atom is 0.229 e. The first kappa shape index (κ1) is 14.9. The molecule has 2 nitrogen and oxygen atoms in total. The molecule has 0 aliphatic heterocycles. The topological polar surface area (TPSA) is 26.3 Å². The highest BCUT2D eigenvalue weighted by Crippen LogP contribution is 2.29. The van der Waals surface area contributed by atoms with Crippen molar-refractivity contribution in [1.29, 1.82) is 0 Å². The fraction of sp³-hybridized carbons (Fsp3) is 0.188. The van der Waals surface area contributed by atoms with Gasteiger partial charge in [0, 0.05) is 5.02 Å². The lowest BCUT2D eigenvalue weighted by Gasteiger charge is -2.15. The van der Waals surface area contributed by atoms with E-state index < -0.39 is 11.2 Å². The van der Waals surface area contributed by atoms with Gasteiger partial charge in [-0.15, -0.1) is 0 Å². The van der Waals surface area contributed by atoms with Crippen LogP contribution in [0, 0.1) is 0 Å². The Morgan fingerprint density at radius 3 is 2.60 bits per heavy atom. The molecule has 104 valence electrons. The SMILES string of the molecule is COc1ccccc1CC(C(=O)Cl)c1cccc(Cl)c1. The average Bonchev–Trinajstić information content (AvgIpc) is 2.44. The zero-order valence-electron chi connectivity index (χ0n) is 11.0. The van der Waals surface area contributed by atoms with Crippen molar-refractivity contribution in [2.45, 2.75) is 12.3 Å². The van der Waals surface area contributed by atoms with Crippen molar-refractivity contribution in [3.05, 3.63) is 64.7 Å². The number of rotatable bonds is 5. The Morgan fingerprint density at radius 1 is 1.20 bits per heavy atom. The summed E-state index contributed by atoms with van der Waals surface area (Å²) in [6.45, 7) is 0. The van der Waals surface area contributed by atoms with E-state index in [1.807, 2.05) is 36.4 Å². The average molecular weight is 309 g/mol. The molecule has 0 aromatic heterocycles. The van der Waals surface area contributed by atoms with Crippen LogP contribution in [0.15, 0.2) is 48.5 Å². The second-order valence-electron chi connectivity index (χ2n) is 4.43. The molecule has 2 aromatic rings. The molecule has 0 N–H and O–H groups in total. The third kappa shape index (κ3) is 3.53. The van der Waals surface area contributed by atoms with E-state index in [2.05, 4.69) is 0 Å². The van der Waals surface area contributed by atoms with Crippen LogP contribution in [-0.2, 0) is 11.2 Å². The quantitative estimate of drug-likeness (QED) is 0.763. The van der Waals surface area contributed by atoms with E-state index in [9.17, 15) is 4.79 Å². The van der Waals surface area contributed by atoms with Crippen LogP contribution < -0.4 is 4.74 Å². The summed E-state index contributed by atoms with van der Waals surface area (Å²) in [7, 11) is 1.61. The molecule has 0 heterocycles. The minimum absolute atomic E-state index is 0.404. The first-order valence-corrected chi connectivity index (χ1v) is 6.94. The van der Waals surface area contributed by atoms with Gasteiger partial charge in [-0.2, -0.15) is 0 Å². The highest BCUT2D eigenvalue weighted by atomic mass is 35.5. The lowest BCUT2D eigenvalue weighted by Crippen LogP contribution is -2.11. The Morgan fingerprint density at radius 2 is 1.95 bits per heavy atom. The standard InChI is InChI=1S/C16H14Cl2O2/c1-20-15-8-3-2-5-12(15)10-14(16(18)19)11-6-4-7-13(17)9-11/h2-9,14H,10H2,1H3. The number of hydrogen-bond acceptors (Lipinski definition) is 2. The van der Waals surface area contributed by atoms with Crippen LogP contribution in [0.3, 0.4) is 0 Å². The highest BCUT2D eigenvalue weighted by Gasteiger charge is 2.21. The van der Waals surface area contributed by atoms with Gasteiger partial charge in [-0.3, -0.25) is 4.79 Å². The second kappa shape index (κ2) is 6.78. The van der Waals surface area contributed by atoms with Crippen LogP contribution >= 0.6 is 23.2 Å². The monoisotopic (exact) mass is 308 g/mol. The lowest BCUT2D eigenvalue weighted by molar-refractivity contribution is -0.113. The maximum absolute atomic E-state index is 11.7. The molecule has 1 atom stereocenters. The highest BCUT2D eigenvalue weighted by molar-refractivity contribution is 6.64. The molecule has 0 amide bonds. The summed E-state index contributed by atoms with van der Waals surface area (Å²) in [6.07, 6.45) is 0.479. The van der Waals surface area contributed by atoms with E-state index in [-0.39, 0.29) is 0 Å². The van der Waals surface area contributed by atoms with Gasteiger partial charge in [0.05, 0.1) is 13.0 Å². The number of carbonyl (C=O) groups is 1. The molecule has 2 rings (SSSR count). The van der Waals surface area contributed by atoms with Gasteiger partial charge in [0.15, 0.2) is 0 Å². The van der Waals surface area contributed by atoms with Gasteiger partial charge in [-0.05, 0) is 47.3 Å². The van der Waals surface area contributed by atoms with E-state index >= 15 is 0 Å². The van der Waals surface area contributed by atoms with Crippen LogP contribution in [0.2, 0.25) is 5.02 Å². The molecule has 4 heteroatoms. The van der Waals surface area contributed by atoms with Crippen molar-refractivity contribution in [3.8, 4) is 5.75 Å². The third-order valence-corrected chi connectivity index (χ3v) is 3.64. The van der Waals surface area contributed by atoms with Gasteiger partial charge >= 0.3 is 0 Å². The van der Waals surface area contributed by atoms with E-state index in [4.69, 9.17) is 27.9 Å². The molecular weight excluding hydrogens is 295 g/mol. The Kier molecular flexibility index (Phi) is 5.05. The molecule has 0 saturated carbocycles. The van der Waals surface area contributed by atoms with E-state index in [1.54, 1.807) is 19.2 Å². The summed E-state index contributed by atoms with van der Waals surface area (Å²) < 4.78 is 5.31. The Labute approximate surface area is 128 Å². The molecule has 0 aliphatic carbocycles. The summed E-state index contributed by atoms with van der Waals surface area (Å²) in [5.74, 6) is 0.309. The van der Waals surface area contributed by atoms with Crippen molar-refractivity contribution in [2.24, 2.45) is 0 Å². The summed E-state index contributed by atoms with van der Waals surface area (Å²) in [5, 5.41) is 0.184. The number of halogens is 2. The summed E-state index contributed by atoms with van der Waals surface area (Å²) in [5.41, 5.74) is 1.75. The van der Waals surface area contributed by atoms with E-state index in [0.717, 1.165) is 16.9 Å². The van der Waals surface area contributed by atoms with Crippen LogP contribution in [-0.4, -0.2) is 12.4 Å². The number of carbonyl (C=O) groups excluding carboxylic acids is 1. The molecule has 0 spiro atoms. The Balaban J connectivity index is 2.33. The molecular formula is C16H14Cl2O2. The van der Waals surface area contributed by atoms with Crippen LogP contribution in [0.5, 0.6) is 5.75 Å². The smallest absolute Gasteiger partial charge is 0.229 e. The first-order chi connectivity index (χ1) is 9.61. The number of methoxy groups -OCH3 is 1. The zero-order valence-corrected chi connectivity index (χ0v) is 12.5. The van der Waals surface area contributed by atoms with Gasteiger partial charge < -0.3 is 4.74 Å². The first-order valence-electron chi connectivity index (χ1n) is 6.18. The van der Waals surface area contributed by atoms with Crippen molar-refractivity contribution in [1.82, 2.24) is 0 Å². The summed E-state index contributed by atoms with van der Waals surface area (Å²) >= 11 is 11.7. The van der Waals surface area contributed by atoms with E-state index in [1.165, 1.54) is 0 Å². The second-order valence-corrected chi connectivity index (χ2v) is 5.24. The zero-order chi connectivity index (χ0) is 14.5. The number of hydrogen-bond donors (Lipinski definition) is 0. The molecule has 2 aromatic carbocycles. The van der Waals surface area contributed by atoms with Gasteiger partial charge in [0.2, 0.25) is 5.24 Å². The molecule has 20 heavy (non-hydrogen) atoms. The summed E-state index contributed by atoms with van der Waals surface area (Å²) in [4.78, 5) is 11.7. The van der Waals surface area contributed by atoms with Crippen molar-refractivity contribution >= 4 is 28.4 Å². The third-order valence-electron chi connectivity index (χ3n) is 3.14. The maximum atomic E-state index is 11.7. The van der Waals surface area contributed by atoms with Gasteiger partial charge in [0.1, 0.15) is 5.75 Å². The van der Waals surface area contributed by atoms with Crippen LogP contribution in [0.1, 0.15) is 17.0 Å². The molecule has 0 aliphatic rings. The largest absolute Gasteiger partial charge is 0.496 e. The summed E-state index contributed by atoms with van der Waals surface area (Å²) in [6, 6.07) is 14.8. The minimum Gasteiger partial charge on any atom is -0.496 e.